The Morgan fingerprint density at radius 3 is 2.55 bits per heavy atom. The number of methoxy groups -OCH3 is 1. The molecule has 1 aliphatic rings. The molecule has 0 aliphatic heterocycles. The lowest BCUT2D eigenvalue weighted by atomic mass is 9.77. The summed E-state index contributed by atoms with van der Waals surface area (Å²) in [6.07, 6.45) is -0.618. The first-order chi connectivity index (χ1) is 9.35. The SMILES string of the molecule is COC1(CC(=O)Nc2ccc(C(F)(F)F)nc2)CCC1. The summed E-state index contributed by atoms with van der Waals surface area (Å²) in [6.45, 7) is 0. The summed E-state index contributed by atoms with van der Waals surface area (Å²) in [5, 5.41) is 2.53. The molecule has 1 amide bonds. The second-order valence-electron chi connectivity index (χ2n) is 4.90. The minimum Gasteiger partial charge on any atom is -0.378 e. The molecule has 0 spiro atoms. The molecule has 0 unspecified atom stereocenters. The fourth-order valence-corrected chi connectivity index (χ4v) is 2.16. The molecule has 1 aromatic heterocycles. The summed E-state index contributed by atoms with van der Waals surface area (Å²) in [5.41, 5.74) is -1.15. The number of carbonyl (C=O) groups excluding carboxylic acids is 1. The quantitative estimate of drug-likeness (QED) is 0.926. The molecule has 110 valence electrons. The fraction of sp³-hybridized carbons (Fsp3) is 0.538. The van der Waals surface area contributed by atoms with Gasteiger partial charge in [-0.15, -0.1) is 0 Å². The third-order valence-electron chi connectivity index (χ3n) is 3.52. The van der Waals surface area contributed by atoms with Gasteiger partial charge in [-0.25, -0.2) is 4.98 Å². The van der Waals surface area contributed by atoms with Crippen molar-refractivity contribution in [3.05, 3.63) is 24.0 Å². The van der Waals surface area contributed by atoms with Crippen LogP contribution < -0.4 is 5.32 Å². The van der Waals surface area contributed by atoms with Crippen LogP contribution in [0.25, 0.3) is 0 Å². The molecule has 1 fully saturated rings. The highest BCUT2D eigenvalue weighted by molar-refractivity contribution is 5.91. The number of hydrogen-bond acceptors (Lipinski definition) is 3. The number of anilines is 1. The third kappa shape index (κ3) is 3.27. The lowest BCUT2D eigenvalue weighted by molar-refractivity contribution is -0.141. The molecular formula is C13H15F3N2O2. The van der Waals surface area contributed by atoms with Crippen LogP contribution in [-0.4, -0.2) is 23.6 Å². The molecule has 0 radical (unpaired) electrons. The maximum atomic E-state index is 12.3. The predicted molar refractivity (Wildman–Crippen MR) is 66.1 cm³/mol. The van der Waals surface area contributed by atoms with Gasteiger partial charge in [0, 0.05) is 7.11 Å². The van der Waals surface area contributed by atoms with Gasteiger partial charge in [0.05, 0.1) is 23.9 Å². The van der Waals surface area contributed by atoms with E-state index in [4.69, 9.17) is 4.74 Å². The lowest BCUT2D eigenvalue weighted by Gasteiger charge is -2.39. The maximum Gasteiger partial charge on any atom is 0.433 e. The molecule has 0 bridgehead atoms. The summed E-state index contributed by atoms with van der Waals surface area (Å²) in [7, 11) is 1.56. The minimum atomic E-state index is -4.48. The Kier molecular flexibility index (Phi) is 3.99. The van der Waals surface area contributed by atoms with Gasteiger partial charge in [0.2, 0.25) is 5.91 Å². The van der Waals surface area contributed by atoms with Crippen LogP contribution in [-0.2, 0) is 15.7 Å². The Balaban J connectivity index is 1.95. The van der Waals surface area contributed by atoms with Crippen molar-refractivity contribution < 1.29 is 22.7 Å². The highest BCUT2D eigenvalue weighted by Gasteiger charge is 2.39. The van der Waals surface area contributed by atoms with E-state index in [9.17, 15) is 18.0 Å². The van der Waals surface area contributed by atoms with E-state index in [1.54, 1.807) is 7.11 Å². The Hall–Kier alpha value is -1.63. The van der Waals surface area contributed by atoms with Gasteiger partial charge in [-0.2, -0.15) is 13.2 Å². The zero-order valence-corrected chi connectivity index (χ0v) is 11.0. The van der Waals surface area contributed by atoms with Crippen molar-refractivity contribution in [3.8, 4) is 0 Å². The van der Waals surface area contributed by atoms with Crippen molar-refractivity contribution in [1.82, 2.24) is 4.98 Å². The van der Waals surface area contributed by atoms with Crippen molar-refractivity contribution in [2.24, 2.45) is 0 Å². The molecule has 0 saturated heterocycles. The molecule has 1 heterocycles. The van der Waals surface area contributed by atoms with Crippen LogP contribution in [0.1, 0.15) is 31.4 Å². The van der Waals surface area contributed by atoms with Gasteiger partial charge in [-0.3, -0.25) is 4.79 Å². The summed E-state index contributed by atoms with van der Waals surface area (Å²) in [4.78, 5) is 15.1. The van der Waals surface area contributed by atoms with Crippen molar-refractivity contribution in [1.29, 1.82) is 0 Å². The van der Waals surface area contributed by atoms with Crippen LogP contribution >= 0.6 is 0 Å². The second kappa shape index (κ2) is 5.40. The molecule has 1 N–H and O–H groups in total. The maximum absolute atomic E-state index is 12.3. The van der Waals surface area contributed by atoms with Gasteiger partial charge in [0.15, 0.2) is 0 Å². The van der Waals surface area contributed by atoms with Crippen molar-refractivity contribution in [3.63, 3.8) is 0 Å². The van der Waals surface area contributed by atoms with Gasteiger partial charge in [0.1, 0.15) is 5.69 Å². The second-order valence-corrected chi connectivity index (χ2v) is 4.90. The Labute approximate surface area is 114 Å². The Morgan fingerprint density at radius 2 is 2.15 bits per heavy atom. The van der Waals surface area contributed by atoms with Crippen molar-refractivity contribution >= 4 is 11.6 Å². The number of rotatable bonds is 4. The molecular weight excluding hydrogens is 273 g/mol. The van der Waals surface area contributed by atoms with Gasteiger partial charge in [0.25, 0.3) is 0 Å². The molecule has 1 aliphatic carbocycles. The first kappa shape index (κ1) is 14.8. The number of aromatic nitrogens is 1. The first-order valence-corrected chi connectivity index (χ1v) is 6.23. The summed E-state index contributed by atoms with van der Waals surface area (Å²) in [6, 6.07) is 2.03. The molecule has 20 heavy (non-hydrogen) atoms. The number of alkyl halides is 3. The molecule has 2 rings (SSSR count). The Morgan fingerprint density at radius 1 is 1.45 bits per heavy atom. The molecule has 1 aromatic rings. The van der Waals surface area contributed by atoms with Crippen molar-refractivity contribution in [2.75, 3.05) is 12.4 Å². The van der Waals surface area contributed by atoms with Gasteiger partial charge >= 0.3 is 6.18 Å². The molecule has 7 heteroatoms. The smallest absolute Gasteiger partial charge is 0.378 e. The number of hydrogen-bond donors (Lipinski definition) is 1. The zero-order valence-electron chi connectivity index (χ0n) is 11.0. The van der Waals surface area contributed by atoms with E-state index in [0.717, 1.165) is 31.5 Å². The van der Waals surface area contributed by atoms with Crippen LogP contribution in [0.2, 0.25) is 0 Å². The van der Waals surface area contributed by atoms with Crippen LogP contribution in [0, 0.1) is 0 Å². The third-order valence-corrected chi connectivity index (χ3v) is 3.52. The standard InChI is InChI=1S/C13H15F3N2O2/c1-20-12(5-2-6-12)7-11(19)18-9-3-4-10(17-8-9)13(14,15)16/h3-4,8H,2,5-7H2,1H3,(H,18,19). The van der Waals surface area contributed by atoms with E-state index in [1.807, 2.05) is 0 Å². The van der Waals surface area contributed by atoms with Gasteiger partial charge < -0.3 is 10.1 Å². The zero-order chi connectivity index (χ0) is 14.8. The van der Waals surface area contributed by atoms with E-state index in [2.05, 4.69) is 10.3 Å². The van der Waals surface area contributed by atoms with Gasteiger partial charge in [-0.05, 0) is 31.4 Å². The first-order valence-electron chi connectivity index (χ1n) is 6.23. The number of nitrogens with one attached hydrogen (secondary N) is 1. The number of amides is 1. The highest BCUT2D eigenvalue weighted by atomic mass is 19.4. The van der Waals surface area contributed by atoms with Gasteiger partial charge in [-0.1, -0.05) is 0 Å². The van der Waals surface area contributed by atoms with Crippen molar-refractivity contribution in [2.45, 2.75) is 37.5 Å². The average Bonchev–Trinajstić information content (AvgIpc) is 2.33. The van der Waals surface area contributed by atoms with Crippen LogP contribution in [0.5, 0.6) is 0 Å². The Bertz CT molecular complexity index is 476. The topological polar surface area (TPSA) is 51.2 Å². The van der Waals surface area contributed by atoms with E-state index >= 15 is 0 Å². The molecule has 4 nitrogen and oxygen atoms in total. The number of carbonyl (C=O) groups is 1. The number of pyridine rings is 1. The molecule has 0 aromatic carbocycles. The average molecular weight is 288 g/mol. The van der Waals surface area contributed by atoms with Crippen LogP contribution in [0.3, 0.4) is 0 Å². The summed E-state index contributed by atoms with van der Waals surface area (Å²) in [5.74, 6) is -0.284. The summed E-state index contributed by atoms with van der Waals surface area (Å²) < 4.78 is 42.3. The van der Waals surface area contributed by atoms with Crippen LogP contribution in [0.4, 0.5) is 18.9 Å². The molecule has 1 saturated carbocycles. The number of halogens is 3. The number of nitrogens with zero attached hydrogens (tertiary/aromatic N) is 1. The summed E-state index contributed by atoms with van der Waals surface area (Å²) >= 11 is 0. The minimum absolute atomic E-state index is 0.199. The fourth-order valence-electron chi connectivity index (χ4n) is 2.16. The lowest BCUT2D eigenvalue weighted by Crippen LogP contribution is -2.42. The molecule has 0 atom stereocenters. The monoisotopic (exact) mass is 288 g/mol. The predicted octanol–water partition coefficient (Wildman–Crippen LogP) is 3.00. The normalized spacial score (nSPS) is 17.4. The van der Waals surface area contributed by atoms with Crippen LogP contribution in [0.15, 0.2) is 18.3 Å². The number of ether oxygens (including phenoxy) is 1. The van der Waals surface area contributed by atoms with E-state index < -0.39 is 17.5 Å². The highest BCUT2D eigenvalue weighted by Crippen LogP contribution is 2.38. The largest absolute Gasteiger partial charge is 0.433 e. The van der Waals surface area contributed by atoms with E-state index in [-0.39, 0.29) is 18.0 Å². The van der Waals surface area contributed by atoms with E-state index in [0.29, 0.717) is 0 Å². The van der Waals surface area contributed by atoms with E-state index in [1.165, 1.54) is 6.07 Å².